The van der Waals surface area contributed by atoms with Crippen molar-refractivity contribution in [2.75, 3.05) is 30.6 Å². The Balaban J connectivity index is 1.68. The Morgan fingerprint density at radius 3 is 2.24 bits per heavy atom. The van der Waals surface area contributed by atoms with E-state index < -0.39 is 39.9 Å². The maximum absolute atomic E-state index is 14.0. The number of hydrogen-bond donors (Lipinski definition) is 1. The van der Waals surface area contributed by atoms with Crippen LogP contribution < -0.4 is 19.1 Å². The zero-order valence-electron chi connectivity index (χ0n) is 24.2. The number of anilines is 1. The number of fused-ring (bicyclic) bond motifs is 1. The molecule has 1 N–H and O–H groups in total. The molecule has 0 saturated carbocycles. The van der Waals surface area contributed by atoms with Crippen LogP contribution in [0.25, 0.3) is 0 Å². The molecular weight excluding hydrogens is 561 g/mol. The highest BCUT2D eigenvalue weighted by Gasteiger charge is 2.34. The lowest BCUT2D eigenvalue weighted by Crippen LogP contribution is -2.55. The van der Waals surface area contributed by atoms with Crippen LogP contribution in [0.1, 0.15) is 33.3 Å². The van der Waals surface area contributed by atoms with Gasteiger partial charge in [-0.05, 0) is 76.1 Å². The van der Waals surface area contributed by atoms with Gasteiger partial charge in [0.05, 0.1) is 10.6 Å². The van der Waals surface area contributed by atoms with Crippen LogP contribution in [-0.2, 0) is 26.0 Å². The first-order valence-electron chi connectivity index (χ1n) is 13.7. The average Bonchev–Trinajstić information content (AvgIpc) is 2.95. The van der Waals surface area contributed by atoms with Crippen molar-refractivity contribution >= 4 is 27.5 Å². The number of sulfonamides is 1. The van der Waals surface area contributed by atoms with E-state index in [9.17, 15) is 22.4 Å². The zero-order chi connectivity index (χ0) is 30.5. The molecule has 0 saturated heterocycles. The standard InChI is InChI=1S/C31H36FN3O6S/c1-22(30(37)33-31(2,3)4)34(17-16-23-8-6-5-7-9-23)29(36)21-35(25-12-10-24(32)11-13-25)42(38,39)26-14-15-27-28(20-26)41-19-18-40-27/h5-15,20,22H,16-19,21H2,1-4H3,(H,33,37)/t22-/m1/s1. The van der Waals surface area contributed by atoms with E-state index in [0.717, 1.165) is 22.0 Å². The highest BCUT2D eigenvalue weighted by Crippen LogP contribution is 2.34. The van der Waals surface area contributed by atoms with Gasteiger partial charge in [-0.1, -0.05) is 30.3 Å². The van der Waals surface area contributed by atoms with Crippen LogP contribution in [0.15, 0.2) is 77.7 Å². The van der Waals surface area contributed by atoms with Gasteiger partial charge in [-0.2, -0.15) is 0 Å². The molecular formula is C31H36FN3O6S. The van der Waals surface area contributed by atoms with Crippen molar-refractivity contribution in [3.05, 3.63) is 84.2 Å². The summed E-state index contributed by atoms with van der Waals surface area (Å²) >= 11 is 0. The van der Waals surface area contributed by atoms with Crippen molar-refractivity contribution in [3.63, 3.8) is 0 Å². The van der Waals surface area contributed by atoms with E-state index in [-0.39, 0.29) is 35.4 Å². The highest BCUT2D eigenvalue weighted by atomic mass is 32.2. The van der Waals surface area contributed by atoms with Gasteiger partial charge >= 0.3 is 0 Å². The Morgan fingerprint density at radius 1 is 0.952 bits per heavy atom. The first-order chi connectivity index (χ1) is 19.8. The van der Waals surface area contributed by atoms with Crippen LogP contribution in [0, 0.1) is 5.82 Å². The fraction of sp³-hybridized carbons (Fsp3) is 0.355. The molecule has 1 aliphatic rings. The smallest absolute Gasteiger partial charge is 0.264 e. The predicted octanol–water partition coefficient (Wildman–Crippen LogP) is 4.17. The van der Waals surface area contributed by atoms with E-state index in [4.69, 9.17) is 9.47 Å². The minimum Gasteiger partial charge on any atom is -0.486 e. The Hall–Kier alpha value is -4.12. The molecule has 3 aromatic carbocycles. The molecule has 224 valence electrons. The number of carbonyl (C=O) groups excluding carboxylic acids is 2. The Morgan fingerprint density at radius 2 is 1.60 bits per heavy atom. The SMILES string of the molecule is C[C@H](C(=O)NC(C)(C)C)N(CCc1ccccc1)C(=O)CN(c1ccc(F)cc1)S(=O)(=O)c1ccc2c(c1)OCCO2. The van der Waals surface area contributed by atoms with Crippen LogP contribution in [0.4, 0.5) is 10.1 Å². The number of nitrogens with zero attached hydrogens (tertiary/aromatic N) is 2. The third kappa shape index (κ3) is 7.58. The van der Waals surface area contributed by atoms with Crippen LogP contribution in [0.3, 0.4) is 0 Å². The summed E-state index contributed by atoms with van der Waals surface area (Å²) in [5.74, 6) is -0.835. The summed E-state index contributed by atoms with van der Waals surface area (Å²) in [6.45, 7) is 7.28. The first-order valence-corrected chi connectivity index (χ1v) is 15.1. The van der Waals surface area contributed by atoms with Gasteiger partial charge in [0.15, 0.2) is 11.5 Å². The summed E-state index contributed by atoms with van der Waals surface area (Å²) in [6.07, 6.45) is 0.450. The molecule has 1 heterocycles. The minimum atomic E-state index is -4.34. The van der Waals surface area contributed by atoms with Gasteiger partial charge in [-0.3, -0.25) is 13.9 Å². The van der Waals surface area contributed by atoms with Crippen LogP contribution in [0.2, 0.25) is 0 Å². The number of amides is 2. The number of halogens is 1. The topological polar surface area (TPSA) is 105 Å². The fourth-order valence-corrected chi connectivity index (χ4v) is 5.92. The molecule has 2 amide bonds. The number of nitrogens with one attached hydrogen (secondary N) is 1. The summed E-state index contributed by atoms with van der Waals surface area (Å²) in [7, 11) is -4.34. The van der Waals surface area contributed by atoms with E-state index in [0.29, 0.717) is 18.8 Å². The van der Waals surface area contributed by atoms with Gasteiger partial charge < -0.3 is 19.7 Å². The van der Waals surface area contributed by atoms with Crippen molar-refractivity contribution in [1.29, 1.82) is 0 Å². The van der Waals surface area contributed by atoms with Crippen molar-refractivity contribution in [2.24, 2.45) is 0 Å². The zero-order valence-corrected chi connectivity index (χ0v) is 25.0. The van der Waals surface area contributed by atoms with Crippen LogP contribution in [-0.4, -0.2) is 63.0 Å². The Bertz CT molecular complexity index is 1510. The number of ether oxygens (including phenoxy) is 2. The summed E-state index contributed by atoms with van der Waals surface area (Å²) in [5.41, 5.74) is 0.508. The van der Waals surface area contributed by atoms with Gasteiger partial charge in [0.2, 0.25) is 11.8 Å². The Labute approximate surface area is 246 Å². The molecule has 11 heteroatoms. The molecule has 0 fully saturated rings. The van der Waals surface area contributed by atoms with E-state index >= 15 is 0 Å². The molecule has 0 spiro atoms. The summed E-state index contributed by atoms with van der Waals surface area (Å²) in [5, 5.41) is 2.90. The molecule has 1 aliphatic heterocycles. The number of carbonyl (C=O) groups is 2. The van der Waals surface area contributed by atoms with Gasteiger partial charge in [0, 0.05) is 18.2 Å². The van der Waals surface area contributed by atoms with Crippen LogP contribution in [0.5, 0.6) is 11.5 Å². The van der Waals surface area contributed by atoms with Gasteiger partial charge in [-0.25, -0.2) is 12.8 Å². The Kier molecular flexibility index (Phi) is 9.40. The van der Waals surface area contributed by atoms with Crippen molar-refractivity contribution in [2.45, 2.75) is 50.6 Å². The highest BCUT2D eigenvalue weighted by molar-refractivity contribution is 7.92. The molecule has 0 unspecified atom stereocenters. The third-order valence-corrected chi connectivity index (χ3v) is 8.41. The first kappa shape index (κ1) is 30.8. The van der Waals surface area contributed by atoms with E-state index in [1.807, 2.05) is 51.1 Å². The largest absolute Gasteiger partial charge is 0.486 e. The quantitative estimate of drug-likeness (QED) is 0.376. The molecule has 0 radical (unpaired) electrons. The van der Waals surface area contributed by atoms with Crippen LogP contribution >= 0.6 is 0 Å². The average molecular weight is 598 g/mol. The molecule has 0 bridgehead atoms. The third-order valence-electron chi connectivity index (χ3n) is 6.64. The molecule has 9 nitrogen and oxygen atoms in total. The normalized spacial score (nSPS) is 13.6. The maximum Gasteiger partial charge on any atom is 0.264 e. The van der Waals surface area contributed by atoms with Crippen molar-refractivity contribution < 1.29 is 31.9 Å². The lowest BCUT2D eigenvalue weighted by atomic mass is 10.1. The molecule has 4 rings (SSSR count). The molecule has 3 aromatic rings. The van der Waals surface area contributed by atoms with E-state index in [1.165, 1.54) is 35.2 Å². The molecule has 0 aliphatic carbocycles. The fourth-order valence-electron chi connectivity index (χ4n) is 4.49. The maximum atomic E-state index is 14.0. The van der Waals surface area contributed by atoms with E-state index in [1.54, 1.807) is 6.92 Å². The van der Waals surface area contributed by atoms with Gasteiger partial charge in [-0.15, -0.1) is 0 Å². The lowest BCUT2D eigenvalue weighted by molar-refractivity contribution is -0.139. The number of hydrogen-bond acceptors (Lipinski definition) is 6. The van der Waals surface area contributed by atoms with Gasteiger partial charge in [0.25, 0.3) is 10.0 Å². The molecule has 1 atom stereocenters. The second-order valence-electron chi connectivity index (χ2n) is 11.0. The molecule has 0 aromatic heterocycles. The number of rotatable bonds is 10. The lowest BCUT2D eigenvalue weighted by Gasteiger charge is -2.33. The molecule has 42 heavy (non-hydrogen) atoms. The second-order valence-corrected chi connectivity index (χ2v) is 12.9. The van der Waals surface area contributed by atoms with Crippen molar-refractivity contribution in [1.82, 2.24) is 10.2 Å². The summed E-state index contributed by atoms with van der Waals surface area (Å²) in [6, 6.07) is 17.6. The summed E-state index contributed by atoms with van der Waals surface area (Å²) in [4.78, 5) is 28.4. The minimum absolute atomic E-state index is 0.0921. The second kappa shape index (κ2) is 12.8. The predicted molar refractivity (Wildman–Crippen MR) is 158 cm³/mol. The number of benzene rings is 3. The van der Waals surface area contributed by atoms with E-state index in [2.05, 4.69) is 5.32 Å². The summed E-state index contributed by atoms with van der Waals surface area (Å²) < 4.78 is 53.9. The van der Waals surface area contributed by atoms with Gasteiger partial charge in [0.1, 0.15) is 31.6 Å². The monoisotopic (exact) mass is 597 g/mol. The van der Waals surface area contributed by atoms with Crippen molar-refractivity contribution in [3.8, 4) is 11.5 Å².